The Balaban J connectivity index is 1.50. The van der Waals surface area contributed by atoms with Crippen LogP contribution < -0.4 is 33.7 Å². The van der Waals surface area contributed by atoms with Crippen molar-refractivity contribution in [3.63, 3.8) is 0 Å². The summed E-state index contributed by atoms with van der Waals surface area (Å²) in [7, 11) is 3.85. The largest absolute Gasteiger partial charge is 0.504 e. The molecule has 2 N–H and O–H groups in total. The lowest BCUT2D eigenvalue weighted by Crippen LogP contribution is -2.15. The molecule has 1 atom stereocenters. The molecule has 0 aliphatic heterocycles. The molecule has 51 heavy (non-hydrogen) atoms. The molecule has 0 bridgehead atoms. The van der Waals surface area contributed by atoms with Crippen molar-refractivity contribution >= 4 is 31.4 Å². The van der Waals surface area contributed by atoms with Crippen molar-refractivity contribution in [1.82, 2.24) is 0 Å². The first kappa shape index (κ1) is 38.6. The van der Waals surface area contributed by atoms with Crippen molar-refractivity contribution in [3.05, 3.63) is 95.1 Å². The highest BCUT2D eigenvalue weighted by Gasteiger charge is 2.37. The zero-order valence-corrected chi connectivity index (χ0v) is 30.7. The molecule has 0 amide bonds. The number of aromatic hydroxyl groups is 1. The van der Waals surface area contributed by atoms with E-state index in [2.05, 4.69) is 5.32 Å². The zero-order chi connectivity index (χ0) is 37.0. The maximum atomic E-state index is 13.9. The molecule has 0 spiro atoms. The average molecular weight is 722 g/mol. The smallest absolute Gasteiger partial charge is 0.357 e. The Morgan fingerprint density at radius 2 is 1.27 bits per heavy atom. The average Bonchev–Trinajstić information content (AvgIpc) is 3.13. The van der Waals surface area contributed by atoms with Crippen LogP contribution in [0.5, 0.6) is 40.2 Å². The summed E-state index contributed by atoms with van der Waals surface area (Å²) in [4.78, 5) is 13.1. The minimum Gasteiger partial charge on any atom is -0.504 e. The minimum absolute atomic E-state index is 0.0267. The number of hydrogen-bond acceptors (Lipinski definition) is 12. The third-order valence-electron chi connectivity index (χ3n) is 7.63. The molecule has 0 radical (unpaired) electrons. The number of carbonyl (C=O) groups excluding carboxylic acids is 1. The number of rotatable bonds is 18. The number of phenols is 1. The summed E-state index contributed by atoms with van der Waals surface area (Å²) in [6.07, 6.45) is 3.71. The van der Waals surface area contributed by atoms with Crippen LogP contribution in [0.3, 0.4) is 0 Å². The summed E-state index contributed by atoms with van der Waals surface area (Å²) in [5.74, 6) is 0.916. The Morgan fingerprint density at radius 1 is 0.706 bits per heavy atom. The van der Waals surface area contributed by atoms with Crippen LogP contribution in [0.2, 0.25) is 0 Å². The highest BCUT2D eigenvalue weighted by molar-refractivity contribution is 7.54. The van der Waals surface area contributed by atoms with E-state index in [-0.39, 0.29) is 36.9 Å². The number of phenolic OH excluding ortho intramolecular Hbond substituents is 1. The summed E-state index contributed by atoms with van der Waals surface area (Å²) in [5, 5.41) is 13.7. The molecule has 12 nitrogen and oxygen atoms in total. The van der Waals surface area contributed by atoms with Crippen molar-refractivity contribution in [3.8, 4) is 40.2 Å². The van der Waals surface area contributed by atoms with Crippen LogP contribution in [-0.4, -0.2) is 59.8 Å². The molecule has 4 aromatic rings. The highest BCUT2D eigenvalue weighted by Crippen LogP contribution is 2.61. The molecule has 4 aromatic carbocycles. The van der Waals surface area contributed by atoms with Crippen molar-refractivity contribution in [2.24, 2.45) is 0 Å². The fourth-order valence-corrected chi connectivity index (χ4v) is 7.16. The van der Waals surface area contributed by atoms with Gasteiger partial charge in [-0.2, -0.15) is 0 Å². The summed E-state index contributed by atoms with van der Waals surface area (Å²) in [6, 6.07) is 20.6. The van der Waals surface area contributed by atoms with Crippen LogP contribution in [0.4, 0.5) is 5.69 Å². The van der Waals surface area contributed by atoms with E-state index in [4.69, 9.17) is 37.5 Å². The van der Waals surface area contributed by atoms with Gasteiger partial charge in [0.1, 0.15) is 0 Å². The lowest BCUT2D eigenvalue weighted by Gasteiger charge is -2.28. The Hall–Kier alpha value is -5.16. The van der Waals surface area contributed by atoms with Crippen molar-refractivity contribution in [2.75, 3.05) is 54.1 Å². The Labute approximate surface area is 298 Å². The van der Waals surface area contributed by atoms with Crippen LogP contribution >= 0.6 is 7.60 Å². The number of benzene rings is 4. The SMILES string of the molecule is CCOP(=O)(OCC)C(Nc1ccc(CC(=O)Oc2cc(/C=C\c3cc(OC)c(OC)c(OC)c3)ccc2OC)cc1)c1ccc(OC)c(O)c1. The molecule has 4 rings (SSSR count). The van der Waals surface area contributed by atoms with E-state index in [0.717, 1.165) is 11.1 Å². The van der Waals surface area contributed by atoms with Crippen molar-refractivity contribution in [2.45, 2.75) is 26.1 Å². The Morgan fingerprint density at radius 3 is 1.82 bits per heavy atom. The van der Waals surface area contributed by atoms with E-state index in [1.165, 1.54) is 20.3 Å². The monoisotopic (exact) mass is 721 g/mol. The molecule has 0 heterocycles. The number of esters is 1. The van der Waals surface area contributed by atoms with E-state index in [1.807, 2.05) is 30.4 Å². The lowest BCUT2D eigenvalue weighted by molar-refractivity contribution is -0.133. The number of anilines is 1. The van der Waals surface area contributed by atoms with Gasteiger partial charge in [0, 0.05) is 5.69 Å². The molecule has 0 saturated carbocycles. The van der Waals surface area contributed by atoms with Crippen LogP contribution in [0, 0.1) is 0 Å². The molecule has 272 valence electrons. The number of nitrogens with one attached hydrogen (secondary N) is 1. The van der Waals surface area contributed by atoms with Gasteiger partial charge in [-0.15, -0.1) is 0 Å². The van der Waals surface area contributed by atoms with Crippen LogP contribution in [-0.2, 0) is 24.8 Å². The molecule has 13 heteroatoms. The fourth-order valence-electron chi connectivity index (χ4n) is 5.24. The molecular weight excluding hydrogens is 677 g/mol. The van der Waals surface area contributed by atoms with Gasteiger partial charge in [0.25, 0.3) is 0 Å². The van der Waals surface area contributed by atoms with E-state index in [1.54, 1.807) is 83.7 Å². The first-order valence-corrected chi connectivity index (χ1v) is 17.7. The summed E-state index contributed by atoms with van der Waals surface area (Å²) in [6.45, 7) is 3.75. The molecular formula is C38H44NO11P. The minimum atomic E-state index is -3.75. The van der Waals surface area contributed by atoms with Gasteiger partial charge >= 0.3 is 13.6 Å². The van der Waals surface area contributed by atoms with E-state index in [9.17, 15) is 14.5 Å². The Kier molecular flexibility index (Phi) is 13.8. The molecule has 1 unspecified atom stereocenters. The second-order valence-corrected chi connectivity index (χ2v) is 13.0. The molecule has 0 aliphatic carbocycles. The quantitative estimate of drug-likeness (QED) is 0.0444. The van der Waals surface area contributed by atoms with Gasteiger partial charge in [0.15, 0.2) is 40.3 Å². The third-order valence-corrected chi connectivity index (χ3v) is 9.92. The second kappa shape index (κ2) is 18.2. The standard InChI is InChI=1S/C38H44NO11P/c1-8-48-51(42,49-9-2)38(28-15-19-31(43-3)30(40)24-28)39-29-16-12-26(13-17-29)23-36(41)50-33-20-25(14-18-32(33)44-4)10-11-27-21-34(45-5)37(47-7)35(22-27)46-6/h10-22,24,38-40H,8-9,23H2,1-7H3/b11-10-. The van der Waals surface area contributed by atoms with Gasteiger partial charge in [0.05, 0.1) is 55.2 Å². The maximum absolute atomic E-state index is 13.9. The first-order valence-electron chi connectivity index (χ1n) is 16.1. The Bertz CT molecular complexity index is 1820. The van der Waals surface area contributed by atoms with Crippen molar-refractivity contribution in [1.29, 1.82) is 0 Å². The summed E-state index contributed by atoms with van der Waals surface area (Å²) in [5.41, 5.74) is 3.31. The van der Waals surface area contributed by atoms with Gasteiger partial charge in [-0.25, -0.2) is 0 Å². The fraction of sp³-hybridized carbons (Fsp3) is 0.289. The normalized spacial score (nSPS) is 11.9. The van der Waals surface area contributed by atoms with E-state index in [0.29, 0.717) is 39.8 Å². The number of hydrogen-bond donors (Lipinski definition) is 2. The van der Waals surface area contributed by atoms with Gasteiger partial charge in [-0.1, -0.05) is 36.4 Å². The van der Waals surface area contributed by atoms with Gasteiger partial charge in [0.2, 0.25) is 5.75 Å². The second-order valence-electron chi connectivity index (χ2n) is 10.9. The number of carbonyl (C=O) groups is 1. The van der Waals surface area contributed by atoms with E-state index >= 15 is 0 Å². The van der Waals surface area contributed by atoms with Gasteiger partial charge in [-0.05, 0) is 84.6 Å². The predicted molar refractivity (Wildman–Crippen MR) is 196 cm³/mol. The third kappa shape index (κ3) is 9.76. The number of methoxy groups -OCH3 is 5. The van der Waals surface area contributed by atoms with Crippen LogP contribution in [0.15, 0.2) is 72.8 Å². The van der Waals surface area contributed by atoms with Gasteiger partial charge in [-0.3, -0.25) is 9.36 Å². The number of ether oxygens (including phenoxy) is 6. The van der Waals surface area contributed by atoms with Gasteiger partial charge < -0.3 is 47.9 Å². The summed E-state index contributed by atoms with van der Waals surface area (Å²) < 4.78 is 57.9. The molecule has 0 saturated heterocycles. The van der Waals surface area contributed by atoms with Crippen LogP contribution in [0.1, 0.15) is 41.9 Å². The highest BCUT2D eigenvalue weighted by atomic mass is 31.2. The lowest BCUT2D eigenvalue weighted by atomic mass is 10.1. The topological polar surface area (TPSA) is 140 Å². The predicted octanol–water partition coefficient (Wildman–Crippen LogP) is 8.13. The molecule has 0 aliphatic rings. The summed E-state index contributed by atoms with van der Waals surface area (Å²) >= 11 is 0. The maximum Gasteiger partial charge on any atom is 0.357 e. The first-order chi connectivity index (χ1) is 24.6. The molecule has 0 aromatic heterocycles. The zero-order valence-electron chi connectivity index (χ0n) is 29.8. The van der Waals surface area contributed by atoms with E-state index < -0.39 is 19.3 Å². The van der Waals surface area contributed by atoms with Crippen molar-refractivity contribution < 1.29 is 51.9 Å². The van der Waals surface area contributed by atoms with Crippen LogP contribution in [0.25, 0.3) is 12.2 Å². The molecule has 0 fully saturated rings.